The predicted molar refractivity (Wildman–Crippen MR) is 58.8 cm³/mol. The minimum Gasteiger partial charge on any atom is -0.368 e. The molecule has 0 aromatic rings. The highest BCUT2D eigenvalue weighted by Gasteiger charge is 2.74. The van der Waals surface area contributed by atoms with E-state index in [-0.39, 0.29) is 16.6 Å². The summed E-state index contributed by atoms with van der Waals surface area (Å²) >= 11 is 0. The van der Waals surface area contributed by atoms with Crippen LogP contribution in [0, 0.1) is 5.41 Å². The molecule has 86 valence electrons. The van der Waals surface area contributed by atoms with E-state index in [2.05, 4.69) is 27.7 Å². The summed E-state index contributed by atoms with van der Waals surface area (Å²) in [7, 11) is 0. The van der Waals surface area contributed by atoms with Gasteiger partial charge in [-0.25, -0.2) is 0 Å². The Morgan fingerprint density at radius 1 is 1.00 bits per heavy atom. The number of rotatable bonds is 0. The summed E-state index contributed by atoms with van der Waals surface area (Å²) in [6.45, 7) is 9.17. The molecule has 0 N–H and O–H groups in total. The van der Waals surface area contributed by atoms with E-state index >= 15 is 0 Å². The lowest BCUT2D eigenvalue weighted by atomic mass is 9.59. The van der Waals surface area contributed by atoms with Crippen LogP contribution in [0.2, 0.25) is 0 Å². The smallest absolute Gasteiger partial charge is 0.121 e. The van der Waals surface area contributed by atoms with Crippen molar-refractivity contribution < 1.29 is 9.47 Å². The predicted octanol–water partition coefficient (Wildman–Crippen LogP) is 2.90. The summed E-state index contributed by atoms with van der Waals surface area (Å²) in [5, 5.41) is 0. The average molecular weight is 210 g/mol. The lowest BCUT2D eigenvalue weighted by molar-refractivity contribution is -0.159. The van der Waals surface area contributed by atoms with Gasteiger partial charge in [0, 0.05) is 0 Å². The molecule has 2 nitrogen and oxygen atoms in total. The lowest BCUT2D eigenvalue weighted by Crippen LogP contribution is -2.58. The third-order valence-electron chi connectivity index (χ3n) is 5.18. The van der Waals surface area contributed by atoms with Crippen molar-refractivity contribution in [3.05, 3.63) is 0 Å². The van der Waals surface area contributed by atoms with Gasteiger partial charge in [-0.2, -0.15) is 0 Å². The Kier molecular flexibility index (Phi) is 1.75. The van der Waals surface area contributed by atoms with Crippen LogP contribution in [0.3, 0.4) is 0 Å². The zero-order valence-electron chi connectivity index (χ0n) is 10.3. The molecule has 0 unspecified atom stereocenters. The van der Waals surface area contributed by atoms with Crippen molar-refractivity contribution in [1.82, 2.24) is 0 Å². The first kappa shape index (κ1) is 10.1. The molecule has 2 aliphatic heterocycles. The Bertz CT molecular complexity index is 292. The molecule has 0 bridgehead atoms. The van der Waals surface area contributed by atoms with Gasteiger partial charge in [0.05, 0.1) is 12.2 Å². The first-order valence-corrected chi connectivity index (χ1v) is 6.27. The largest absolute Gasteiger partial charge is 0.368 e. The molecular weight excluding hydrogens is 188 g/mol. The van der Waals surface area contributed by atoms with Gasteiger partial charge in [0.1, 0.15) is 11.2 Å². The molecule has 0 amide bonds. The molecule has 1 spiro atoms. The zero-order valence-corrected chi connectivity index (χ0v) is 10.3. The highest BCUT2D eigenvalue weighted by Crippen LogP contribution is 2.65. The molecule has 0 aromatic carbocycles. The third-order valence-corrected chi connectivity index (χ3v) is 5.18. The monoisotopic (exact) mass is 210 g/mol. The fourth-order valence-electron chi connectivity index (χ4n) is 4.05. The van der Waals surface area contributed by atoms with E-state index < -0.39 is 0 Å². The zero-order chi connectivity index (χ0) is 10.9. The van der Waals surface area contributed by atoms with Crippen LogP contribution in [-0.2, 0) is 9.47 Å². The van der Waals surface area contributed by atoms with E-state index in [1.807, 2.05) is 0 Å². The SMILES string of the molecule is C[C@@H]1CC[C@@]2(O1)C(C)(C)CC[C@H]1O[C@]12C. The van der Waals surface area contributed by atoms with Crippen LogP contribution in [0.1, 0.15) is 53.4 Å². The average Bonchev–Trinajstić information content (AvgIpc) is 2.64. The second kappa shape index (κ2) is 2.60. The second-order valence-corrected chi connectivity index (χ2v) is 6.43. The van der Waals surface area contributed by atoms with Crippen LogP contribution < -0.4 is 0 Å². The third kappa shape index (κ3) is 1.03. The molecule has 3 rings (SSSR count). The molecule has 2 saturated heterocycles. The van der Waals surface area contributed by atoms with Crippen molar-refractivity contribution in [2.24, 2.45) is 5.41 Å². The minimum atomic E-state index is -0.0116. The Hall–Kier alpha value is -0.0800. The van der Waals surface area contributed by atoms with Crippen molar-refractivity contribution >= 4 is 0 Å². The molecule has 4 atom stereocenters. The lowest BCUT2D eigenvalue weighted by Gasteiger charge is -2.49. The van der Waals surface area contributed by atoms with Gasteiger partial charge in [0.2, 0.25) is 0 Å². The summed E-state index contributed by atoms with van der Waals surface area (Å²) in [4.78, 5) is 0. The number of epoxide rings is 1. The molecule has 0 aromatic heterocycles. The van der Waals surface area contributed by atoms with Crippen molar-refractivity contribution in [1.29, 1.82) is 0 Å². The first-order chi connectivity index (χ1) is 6.91. The van der Waals surface area contributed by atoms with Crippen LogP contribution >= 0.6 is 0 Å². The molecule has 1 aliphatic carbocycles. The van der Waals surface area contributed by atoms with E-state index in [4.69, 9.17) is 9.47 Å². The van der Waals surface area contributed by atoms with Crippen molar-refractivity contribution in [3.63, 3.8) is 0 Å². The van der Waals surface area contributed by atoms with E-state index in [1.54, 1.807) is 0 Å². The fraction of sp³-hybridized carbons (Fsp3) is 1.00. The quantitative estimate of drug-likeness (QED) is 0.573. The van der Waals surface area contributed by atoms with Gasteiger partial charge in [0.15, 0.2) is 0 Å². The van der Waals surface area contributed by atoms with Crippen molar-refractivity contribution in [2.75, 3.05) is 0 Å². The van der Waals surface area contributed by atoms with E-state index in [0.717, 1.165) is 0 Å². The highest BCUT2D eigenvalue weighted by molar-refractivity contribution is 5.23. The fourth-order valence-corrected chi connectivity index (χ4v) is 4.05. The van der Waals surface area contributed by atoms with Crippen LogP contribution in [0.25, 0.3) is 0 Å². The van der Waals surface area contributed by atoms with Gasteiger partial charge in [-0.1, -0.05) is 13.8 Å². The number of ether oxygens (including phenoxy) is 2. The number of hydrogen-bond donors (Lipinski definition) is 0. The second-order valence-electron chi connectivity index (χ2n) is 6.43. The van der Waals surface area contributed by atoms with Crippen LogP contribution in [0.5, 0.6) is 0 Å². The van der Waals surface area contributed by atoms with Gasteiger partial charge in [-0.05, 0) is 44.9 Å². The molecule has 3 aliphatic rings. The van der Waals surface area contributed by atoms with Gasteiger partial charge in [-0.3, -0.25) is 0 Å². The summed E-state index contributed by atoms with van der Waals surface area (Å²) < 4.78 is 12.3. The Labute approximate surface area is 92.3 Å². The van der Waals surface area contributed by atoms with Crippen LogP contribution in [-0.4, -0.2) is 23.4 Å². The highest BCUT2D eigenvalue weighted by atomic mass is 16.6. The standard InChI is InChI=1S/C13H22O2/c1-9-5-8-13(14-9)11(2,3)7-6-10-12(13,4)15-10/h9-10H,5-8H2,1-4H3/t9-,10-,12-,13-/m1/s1. The number of fused-ring (bicyclic) bond motifs is 2. The molecule has 0 radical (unpaired) electrons. The Morgan fingerprint density at radius 3 is 2.33 bits per heavy atom. The van der Waals surface area contributed by atoms with E-state index in [9.17, 15) is 0 Å². The van der Waals surface area contributed by atoms with Gasteiger partial charge in [-0.15, -0.1) is 0 Å². The van der Waals surface area contributed by atoms with Gasteiger partial charge >= 0.3 is 0 Å². The topological polar surface area (TPSA) is 21.8 Å². The molecule has 2 heterocycles. The minimum absolute atomic E-state index is 0.0116. The summed E-state index contributed by atoms with van der Waals surface area (Å²) in [6.07, 6.45) is 5.69. The Morgan fingerprint density at radius 2 is 1.73 bits per heavy atom. The molecule has 1 saturated carbocycles. The Balaban J connectivity index is 2.01. The summed E-state index contributed by atoms with van der Waals surface area (Å²) in [5.41, 5.74) is 0.265. The van der Waals surface area contributed by atoms with E-state index in [0.29, 0.717) is 12.2 Å². The van der Waals surface area contributed by atoms with Crippen LogP contribution in [0.15, 0.2) is 0 Å². The number of hydrogen-bond acceptors (Lipinski definition) is 2. The summed E-state index contributed by atoms with van der Waals surface area (Å²) in [6, 6.07) is 0. The normalized spacial score (nSPS) is 56.8. The van der Waals surface area contributed by atoms with Crippen LogP contribution in [0.4, 0.5) is 0 Å². The van der Waals surface area contributed by atoms with Gasteiger partial charge in [0.25, 0.3) is 0 Å². The molecule has 2 heteroatoms. The molecule has 3 fully saturated rings. The molecule has 15 heavy (non-hydrogen) atoms. The van der Waals surface area contributed by atoms with Crippen molar-refractivity contribution in [2.45, 2.75) is 76.8 Å². The van der Waals surface area contributed by atoms with E-state index in [1.165, 1.54) is 25.7 Å². The summed E-state index contributed by atoms with van der Waals surface area (Å²) in [5.74, 6) is 0. The maximum absolute atomic E-state index is 6.34. The van der Waals surface area contributed by atoms with Crippen molar-refractivity contribution in [3.8, 4) is 0 Å². The maximum Gasteiger partial charge on any atom is 0.121 e. The van der Waals surface area contributed by atoms with Gasteiger partial charge < -0.3 is 9.47 Å². The first-order valence-electron chi connectivity index (χ1n) is 6.27. The maximum atomic E-state index is 6.34. The molecular formula is C13H22O2.